The number of ether oxygens (including phenoxy) is 1. The Kier molecular flexibility index (Phi) is 9.53. The largest absolute Gasteiger partial charge is 0.457 e. The summed E-state index contributed by atoms with van der Waals surface area (Å²) in [5.41, 5.74) is 9.61. The molecule has 0 saturated carbocycles. The van der Waals surface area contributed by atoms with E-state index in [0.717, 1.165) is 17.5 Å². The number of esters is 1. The summed E-state index contributed by atoms with van der Waals surface area (Å²) >= 11 is 0. The predicted molar refractivity (Wildman–Crippen MR) is 87.4 cm³/mol. The van der Waals surface area contributed by atoms with Crippen molar-refractivity contribution in [3.63, 3.8) is 0 Å². The topological polar surface area (TPSA) is 81.4 Å². The van der Waals surface area contributed by atoms with E-state index in [2.05, 4.69) is 17.9 Å². The molecule has 1 unspecified atom stereocenters. The third-order valence-electron chi connectivity index (χ3n) is 2.98. The van der Waals surface area contributed by atoms with Crippen LogP contribution >= 0.6 is 0 Å². The molecule has 1 aliphatic rings. The van der Waals surface area contributed by atoms with Crippen LogP contribution in [0.4, 0.5) is 0 Å². The zero-order chi connectivity index (χ0) is 16.4. The minimum absolute atomic E-state index is 0.206. The van der Waals surface area contributed by atoms with E-state index in [1.54, 1.807) is 13.3 Å². The predicted octanol–water partition coefficient (Wildman–Crippen LogP) is 1.47. The molecule has 21 heavy (non-hydrogen) atoms. The van der Waals surface area contributed by atoms with E-state index in [9.17, 15) is 9.00 Å². The second kappa shape index (κ2) is 10.3. The van der Waals surface area contributed by atoms with Crippen LogP contribution in [-0.2, 0) is 28.8 Å². The van der Waals surface area contributed by atoms with Crippen LogP contribution in [0, 0.1) is 6.92 Å². The molecule has 1 heterocycles. The number of hydrogen-bond acceptors (Lipinski definition) is 4. The van der Waals surface area contributed by atoms with Crippen LogP contribution in [0.25, 0.3) is 0 Å². The van der Waals surface area contributed by atoms with Gasteiger partial charge in [0.15, 0.2) is 0 Å². The molecule has 118 valence electrons. The van der Waals surface area contributed by atoms with Crippen molar-refractivity contribution in [2.24, 2.45) is 5.73 Å². The van der Waals surface area contributed by atoms with Gasteiger partial charge in [0.25, 0.3) is 0 Å². The van der Waals surface area contributed by atoms with Crippen molar-refractivity contribution >= 4 is 17.0 Å². The molecular formula is C15H24N2O3S. The van der Waals surface area contributed by atoms with Crippen molar-refractivity contribution in [3.05, 3.63) is 47.5 Å². The average molecular weight is 312 g/mol. The number of rotatable bonds is 3. The molecule has 0 radical (unpaired) electrons. The first-order valence-electron chi connectivity index (χ1n) is 6.50. The first-order valence-corrected chi connectivity index (χ1v) is 8.06. The molecule has 1 aromatic carbocycles. The maximum Gasteiger partial charge on any atom is 0.338 e. The number of hydrogen-bond donors (Lipinski definition) is 2. The number of cyclic esters (lactones) is 1. The second-order valence-corrected chi connectivity index (χ2v) is 5.47. The summed E-state index contributed by atoms with van der Waals surface area (Å²) in [4.78, 5) is 11.2. The van der Waals surface area contributed by atoms with Gasteiger partial charge in [0.1, 0.15) is 6.61 Å². The molecule has 6 heteroatoms. The minimum atomic E-state index is -0.823. The van der Waals surface area contributed by atoms with Crippen LogP contribution < -0.4 is 10.5 Å². The van der Waals surface area contributed by atoms with Gasteiger partial charge in [-0.3, -0.25) is 0 Å². The minimum Gasteiger partial charge on any atom is -0.457 e. The van der Waals surface area contributed by atoms with Gasteiger partial charge < -0.3 is 10.5 Å². The van der Waals surface area contributed by atoms with Crippen LogP contribution in [0.15, 0.2) is 25.3 Å². The third kappa shape index (κ3) is 5.79. The standard InChI is InChI=1S/C11H13NO2.C2H7NOS.C2H4/c1-7-8(4-5-12)2-3-9-10(7)6-14-11(9)13;1-3-5(2)4;1-2/h2-3H,4-6,12H2,1H3;3H,1-2H3;1-2H2. The van der Waals surface area contributed by atoms with Crippen molar-refractivity contribution in [2.75, 3.05) is 19.8 Å². The van der Waals surface area contributed by atoms with E-state index in [1.165, 1.54) is 5.56 Å². The molecule has 0 amide bonds. The first-order chi connectivity index (χ1) is 10.0. The summed E-state index contributed by atoms with van der Waals surface area (Å²) in [6.07, 6.45) is 2.44. The Labute approximate surface area is 129 Å². The Morgan fingerprint density at radius 3 is 2.48 bits per heavy atom. The fraction of sp³-hybridized carbons (Fsp3) is 0.400. The highest BCUT2D eigenvalue weighted by atomic mass is 32.2. The van der Waals surface area contributed by atoms with Gasteiger partial charge in [0, 0.05) is 11.8 Å². The van der Waals surface area contributed by atoms with Crippen molar-refractivity contribution in [2.45, 2.75) is 20.0 Å². The van der Waals surface area contributed by atoms with Gasteiger partial charge in [0.05, 0.1) is 16.5 Å². The Bertz CT molecular complexity index is 504. The van der Waals surface area contributed by atoms with E-state index in [-0.39, 0.29) is 5.97 Å². The molecule has 0 bridgehead atoms. The van der Waals surface area contributed by atoms with Crippen molar-refractivity contribution in [1.29, 1.82) is 0 Å². The summed E-state index contributed by atoms with van der Waals surface area (Å²) < 4.78 is 17.3. The fourth-order valence-corrected chi connectivity index (χ4v) is 1.82. The van der Waals surface area contributed by atoms with Gasteiger partial charge in [-0.1, -0.05) is 6.07 Å². The molecule has 1 aliphatic heterocycles. The maximum absolute atomic E-state index is 11.2. The Morgan fingerprint density at radius 1 is 1.43 bits per heavy atom. The summed E-state index contributed by atoms with van der Waals surface area (Å²) in [5, 5.41) is 0. The SMILES string of the molecule is C=C.CNS(C)=O.Cc1c(CCN)ccc2c1COC2=O. The fourth-order valence-electron chi connectivity index (χ4n) is 1.82. The molecule has 2 rings (SSSR count). The van der Waals surface area contributed by atoms with Crippen molar-refractivity contribution < 1.29 is 13.7 Å². The van der Waals surface area contributed by atoms with Crippen molar-refractivity contribution in [3.8, 4) is 0 Å². The van der Waals surface area contributed by atoms with Crippen molar-refractivity contribution in [1.82, 2.24) is 4.72 Å². The normalized spacial score (nSPS) is 13.0. The van der Waals surface area contributed by atoms with E-state index in [0.29, 0.717) is 18.7 Å². The lowest BCUT2D eigenvalue weighted by Crippen LogP contribution is -2.06. The highest BCUT2D eigenvalue weighted by molar-refractivity contribution is 7.82. The molecule has 1 atom stereocenters. The number of benzene rings is 1. The number of carbonyl (C=O) groups is 1. The molecule has 0 aliphatic carbocycles. The van der Waals surface area contributed by atoms with Gasteiger partial charge in [-0.05, 0) is 44.1 Å². The Morgan fingerprint density at radius 2 is 2.00 bits per heavy atom. The van der Waals surface area contributed by atoms with Crippen LogP contribution in [0.3, 0.4) is 0 Å². The van der Waals surface area contributed by atoms with Crippen LogP contribution in [0.1, 0.15) is 27.0 Å². The highest BCUT2D eigenvalue weighted by Gasteiger charge is 2.23. The lowest BCUT2D eigenvalue weighted by Gasteiger charge is -2.07. The van der Waals surface area contributed by atoms with Crippen LogP contribution in [0.2, 0.25) is 0 Å². The van der Waals surface area contributed by atoms with Crippen LogP contribution in [0.5, 0.6) is 0 Å². The molecule has 5 nitrogen and oxygen atoms in total. The summed E-state index contributed by atoms with van der Waals surface area (Å²) in [6.45, 7) is 9.07. The van der Waals surface area contributed by atoms with Gasteiger partial charge in [-0.15, -0.1) is 13.2 Å². The first kappa shape index (κ1) is 19.5. The zero-order valence-electron chi connectivity index (χ0n) is 12.9. The molecule has 0 aromatic heterocycles. The van der Waals surface area contributed by atoms with Crippen LogP contribution in [-0.4, -0.2) is 30.0 Å². The maximum atomic E-state index is 11.2. The Hall–Kier alpha value is -1.50. The lowest BCUT2D eigenvalue weighted by atomic mass is 9.97. The summed E-state index contributed by atoms with van der Waals surface area (Å²) in [6, 6.07) is 3.80. The average Bonchev–Trinajstić information content (AvgIpc) is 2.87. The number of nitrogens with two attached hydrogens (primary N) is 1. The lowest BCUT2D eigenvalue weighted by molar-refractivity contribution is 0.0535. The summed E-state index contributed by atoms with van der Waals surface area (Å²) in [5.74, 6) is -0.206. The molecule has 0 fully saturated rings. The molecule has 0 spiro atoms. The second-order valence-electron chi connectivity index (χ2n) is 4.15. The summed E-state index contributed by atoms with van der Waals surface area (Å²) in [7, 11) is 0.826. The monoisotopic (exact) mass is 312 g/mol. The zero-order valence-corrected chi connectivity index (χ0v) is 13.7. The molecule has 0 saturated heterocycles. The smallest absolute Gasteiger partial charge is 0.338 e. The van der Waals surface area contributed by atoms with Gasteiger partial charge in [0.2, 0.25) is 0 Å². The van der Waals surface area contributed by atoms with Gasteiger partial charge in [-0.25, -0.2) is 13.7 Å². The third-order valence-corrected chi connectivity index (χ3v) is 3.55. The van der Waals surface area contributed by atoms with Gasteiger partial charge >= 0.3 is 5.97 Å². The molecular weight excluding hydrogens is 288 g/mol. The number of carbonyl (C=O) groups excluding carboxylic acids is 1. The van der Waals surface area contributed by atoms with E-state index < -0.39 is 11.0 Å². The van der Waals surface area contributed by atoms with E-state index >= 15 is 0 Å². The van der Waals surface area contributed by atoms with E-state index in [4.69, 9.17) is 10.5 Å². The molecule has 1 aromatic rings. The Balaban J connectivity index is 0.000000489. The highest BCUT2D eigenvalue weighted by Crippen LogP contribution is 2.25. The quantitative estimate of drug-likeness (QED) is 0.654. The van der Waals surface area contributed by atoms with E-state index in [1.807, 2.05) is 19.1 Å². The van der Waals surface area contributed by atoms with Gasteiger partial charge in [-0.2, -0.15) is 0 Å². The molecule has 3 N–H and O–H groups in total. The number of nitrogens with one attached hydrogen (secondary N) is 1. The number of fused-ring (bicyclic) bond motifs is 1.